The number of nitrogens with one attached hydrogen (secondary N) is 1. The molecule has 2 saturated heterocycles. The lowest BCUT2D eigenvalue weighted by molar-refractivity contribution is -0.133. The van der Waals surface area contributed by atoms with E-state index in [1.807, 2.05) is 29.2 Å². The molecular formula is C37H37ClN4O6. The molecule has 3 amide bonds. The zero-order valence-electron chi connectivity index (χ0n) is 26.5. The molecule has 3 heterocycles. The Kier molecular flexibility index (Phi) is 10.1. The van der Waals surface area contributed by atoms with Crippen molar-refractivity contribution in [3.8, 4) is 5.75 Å². The molecule has 1 aromatic heterocycles. The highest BCUT2D eigenvalue weighted by molar-refractivity contribution is 6.30. The smallest absolute Gasteiger partial charge is 0.287 e. The van der Waals surface area contributed by atoms with Crippen molar-refractivity contribution < 1.29 is 23.5 Å². The molecule has 2 fully saturated rings. The van der Waals surface area contributed by atoms with Crippen LogP contribution in [-0.2, 0) is 22.6 Å². The van der Waals surface area contributed by atoms with Crippen LogP contribution >= 0.6 is 11.6 Å². The minimum Gasteiger partial charge on any atom is -0.490 e. The van der Waals surface area contributed by atoms with Gasteiger partial charge in [0, 0.05) is 68.9 Å². The zero-order chi connectivity index (χ0) is 33.6. The number of piperazine rings is 1. The predicted octanol–water partition coefficient (Wildman–Crippen LogP) is 4.82. The molecule has 0 saturated carbocycles. The molecule has 10 nitrogen and oxygen atoms in total. The van der Waals surface area contributed by atoms with E-state index in [9.17, 15) is 19.2 Å². The fourth-order valence-electron chi connectivity index (χ4n) is 6.20. The first kappa shape index (κ1) is 32.8. The number of likely N-dealkylation sites (tertiary alicyclic amines) is 1. The monoisotopic (exact) mass is 668 g/mol. The van der Waals surface area contributed by atoms with Gasteiger partial charge in [-0.1, -0.05) is 54.6 Å². The quantitative estimate of drug-likeness (QED) is 0.228. The third kappa shape index (κ3) is 7.55. The van der Waals surface area contributed by atoms with E-state index >= 15 is 0 Å². The number of carbonyl (C=O) groups excluding carboxylic acids is 3. The fourth-order valence-corrected chi connectivity index (χ4v) is 6.32. The molecule has 0 aliphatic carbocycles. The molecule has 11 heteroatoms. The van der Waals surface area contributed by atoms with E-state index in [4.69, 9.17) is 20.8 Å². The molecule has 0 radical (unpaired) electrons. The summed E-state index contributed by atoms with van der Waals surface area (Å²) in [7, 11) is 0. The third-order valence-electron chi connectivity index (χ3n) is 8.70. The van der Waals surface area contributed by atoms with E-state index in [1.54, 1.807) is 41.3 Å². The Hall–Kier alpha value is -5.09. The van der Waals surface area contributed by atoms with Crippen molar-refractivity contribution in [2.24, 2.45) is 0 Å². The van der Waals surface area contributed by atoms with Crippen LogP contribution in [0.25, 0.3) is 11.0 Å². The second-order valence-corrected chi connectivity index (χ2v) is 12.4. The van der Waals surface area contributed by atoms with Gasteiger partial charge < -0.3 is 29.2 Å². The lowest BCUT2D eigenvalue weighted by Gasteiger charge is -2.38. The van der Waals surface area contributed by atoms with Gasteiger partial charge in [-0.3, -0.25) is 19.2 Å². The van der Waals surface area contributed by atoms with Crippen LogP contribution in [0.5, 0.6) is 5.75 Å². The van der Waals surface area contributed by atoms with Gasteiger partial charge in [0.25, 0.3) is 5.91 Å². The average molecular weight is 669 g/mol. The van der Waals surface area contributed by atoms with Crippen molar-refractivity contribution >= 4 is 46.0 Å². The van der Waals surface area contributed by atoms with Gasteiger partial charge >= 0.3 is 0 Å². The number of nitrogens with zero attached hydrogens (tertiary/aromatic N) is 3. The maximum atomic E-state index is 14.0. The number of carbonyl (C=O) groups is 3. The first-order chi connectivity index (χ1) is 23.3. The number of hydrogen-bond acceptors (Lipinski definition) is 7. The zero-order valence-corrected chi connectivity index (χ0v) is 27.3. The SMILES string of the molecule is C=CCOc1ccc2oc(C(=O)N[C@H](Cc3ccc(Cl)cc3)C(=O)N3CCN(c4ccccc4CN4CCCC4=O)CC3)cc(=O)c2c1. The number of rotatable bonds is 11. The van der Waals surface area contributed by atoms with Gasteiger partial charge in [-0.15, -0.1) is 0 Å². The third-order valence-corrected chi connectivity index (χ3v) is 8.95. The number of amides is 3. The molecule has 2 aliphatic heterocycles. The first-order valence-corrected chi connectivity index (χ1v) is 16.4. The molecule has 0 spiro atoms. The van der Waals surface area contributed by atoms with Gasteiger partial charge in [0.15, 0.2) is 11.2 Å². The maximum absolute atomic E-state index is 14.0. The number of ether oxygens (including phenoxy) is 1. The minimum atomic E-state index is -0.922. The van der Waals surface area contributed by atoms with Gasteiger partial charge in [0.2, 0.25) is 11.8 Å². The Labute approximate surface area is 283 Å². The van der Waals surface area contributed by atoms with Crippen LogP contribution in [-0.4, -0.2) is 72.9 Å². The molecule has 0 unspecified atom stereocenters. The maximum Gasteiger partial charge on any atom is 0.287 e. The van der Waals surface area contributed by atoms with Gasteiger partial charge in [0.05, 0.1) is 5.39 Å². The highest BCUT2D eigenvalue weighted by Gasteiger charge is 2.31. The van der Waals surface area contributed by atoms with Gasteiger partial charge in [-0.2, -0.15) is 0 Å². The molecule has 3 aromatic carbocycles. The number of para-hydroxylation sites is 1. The van der Waals surface area contributed by atoms with Crippen LogP contribution in [0.3, 0.4) is 0 Å². The summed E-state index contributed by atoms with van der Waals surface area (Å²) in [5, 5.41) is 3.67. The molecule has 48 heavy (non-hydrogen) atoms. The molecule has 2 aliphatic rings. The van der Waals surface area contributed by atoms with Crippen molar-refractivity contribution in [2.75, 3.05) is 44.2 Å². The molecule has 1 atom stereocenters. The summed E-state index contributed by atoms with van der Waals surface area (Å²) >= 11 is 6.10. The molecule has 6 rings (SSSR count). The van der Waals surface area contributed by atoms with E-state index in [0.717, 1.165) is 35.8 Å². The largest absolute Gasteiger partial charge is 0.490 e. The van der Waals surface area contributed by atoms with Crippen molar-refractivity contribution in [1.82, 2.24) is 15.1 Å². The van der Waals surface area contributed by atoms with Crippen LogP contribution in [0.1, 0.15) is 34.5 Å². The fraction of sp³-hybridized carbons (Fsp3) is 0.297. The molecular weight excluding hydrogens is 632 g/mol. The minimum absolute atomic E-state index is 0.181. The second kappa shape index (κ2) is 14.8. The molecule has 248 valence electrons. The number of hydrogen-bond donors (Lipinski definition) is 1. The van der Waals surface area contributed by atoms with Gasteiger partial charge in [0.1, 0.15) is 24.0 Å². The number of anilines is 1. The summed E-state index contributed by atoms with van der Waals surface area (Å²) in [6.45, 7) is 7.33. The highest BCUT2D eigenvalue weighted by atomic mass is 35.5. The Balaban J connectivity index is 1.17. The number of benzene rings is 3. The van der Waals surface area contributed by atoms with E-state index < -0.39 is 17.4 Å². The van der Waals surface area contributed by atoms with Crippen LogP contribution in [0.4, 0.5) is 5.69 Å². The van der Waals surface area contributed by atoms with E-state index in [2.05, 4.69) is 28.9 Å². The van der Waals surface area contributed by atoms with Crippen molar-refractivity contribution in [2.45, 2.75) is 31.8 Å². The Morgan fingerprint density at radius 3 is 2.48 bits per heavy atom. The summed E-state index contributed by atoms with van der Waals surface area (Å²) in [4.78, 5) is 58.7. The highest BCUT2D eigenvalue weighted by Crippen LogP contribution is 2.26. The summed E-state index contributed by atoms with van der Waals surface area (Å²) in [6.07, 6.45) is 3.30. The summed E-state index contributed by atoms with van der Waals surface area (Å²) in [5.74, 6) is -0.441. The standard InChI is InChI=1S/C37H37ClN4O6/c1-2-20-47-28-13-14-33-29(22-28)32(43)23-34(48-33)36(45)39-30(21-25-9-11-27(38)12-10-25)37(46)41-18-16-40(17-19-41)31-7-4-3-6-26(31)24-42-15-5-8-35(42)44/h2-4,6-7,9-14,22-23,30H,1,5,8,15-21,24H2,(H,39,45)/t30-/m1/s1. The Morgan fingerprint density at radius 2 is 1.75 bits per heavy atom. The number of halogens is 1. The lowest BCUT2D eigenvalue weighted by atomic mass is 10.0. The summed E-state index contributed by atoms with van der Waals surface area (Å²) < 4.78 is 11.3. The molecule has 1 N–H and O–H groups in total. The summed E-state index contributed by atoms with van der Waals surface area (Å²) in [5.41, 5.74) is 2.77. The van der Waals surface area contributed by atoms with Gasteiger partial charge in [-0.05, 0) is 53.9 Å². The average Bonchev–Trinajstić information content (AvgIpc) is 3.51. The predicted molar refractivity (Wildman–Crippen MR) is 184 cm³/mol. The molecule has 4 aromatic rings. The topological polar surface area (TPSA) is 112 Å². The van der Waals surface area contributed by atoms with Crippen LogP contribution in [0.15, 0.2) is 94.7 Å². The second-order valence-electron chi connectivity index (χ2n) is 11.9. The van der Waals surface area contributed by atoms with Crippen molar-refractivity contribution in [3.05, 3.63) is 118 Å². The van der Waals surface area contributed by atoms with Crippen LogP contribution < -0.4 is 20.4 Å². The Bertz CT molecular complexity index is 1880. The first-order valence-electron chi connectivity index (χ1n) is 16.1. The van der Waals surface area contributed by atoms with E-state index in [0.29, 0.717) is 49.9 Å². The van der Waals surface area contributed by atoms with Gasteiger partial charge in [-0.25, -0.2) is 0 Å². The summed E-state index contributed by atoms with van der Waals surface area (Å²) in [6, 6.07) is 20.2. The Morgan fingerprint density at radius 1 is 0.979 bits per heavy atom. The van der Waals surface area contributed by atoms with E-state index in [1.165, 1.54) is 0 Å². The van der Waals surface area contributed by atoms with Crippen molar-refractivity contribution in [3.63, 3.8) is 0 Å². The van der Waals surface area contributed by atoms with Crippen LogP contribution in [0.2, 0.25) is 5.02 Å². The normalized spacial score (nSPS) is 15.4. The molecule has 0 bridgehead atoms. The van der Waals surface area contributed by atoms with Crippen LogP contribution in [0, 0.1) is 0 Å². The number of fused-ring (bicyclic) bond motifs is 1. The van der Waals surface area contributed by atoms with Crippen molar-refractivity contribution in [1.29, 1.82) is 0 Å². The lowest BCUT2D eigenvalue weighted by Crippen LogP contribution is -2.55. The van der Waals surface area contributed by atoms with E-state index in [-0.39, 0.29) is 41.6 Å².